The summed E-state index contributed by atoms with van der Waals surface area (Å²) in [5.74, 6) is -0.161. The lowest BCUT2D eigenvalue weighted by molar-refractivity contribution is 0.102. The molecule has 18 heavy (non-hydrogen) atoms. The van der Waals surface area contributed by atoms with Crippen molar-refractivity contribution >= 4 is 11.3 Å². The molecule has 3 heterocycles. The molecule has 0 aromatic carbocycles. The van der Waals surface area contributed by atoms with Gasteiger partial charge in [-0.2, -0.15) is 0 Å². The van der Waals surface area contributed by atoms with E-state index in [1.54, 1.807) is 35.0 Å². The number of aryl methyl sites for hydroxylation is 1. The highest BCUT2D eigenvalue weighted by atomic mass is 16.1. The Labute approximate surface area is 103 Å². The Balaban J connectivity index is 2.18. The topological polar surface area (TPSA) is 60.2 Å². The second-order valence-corrected chi connectivity index (χ2v) is 3.93. The first-order valence-corrected chi connectivity index (χ1v) is 5.54. The molecule has 0 aliphatic heterocycles. The first-order chi connectivity index (χ1) is 8.77. The maximum absolute atomic E-state index is 12.3. The number of hydrogen-bond donors (Lipinski definition) is 0. The van der Waals surface area contributed by atoms with Gasteiger partial charge in [-0.25, -0.2) is 4.52 Å². The maximum Gasteiger partial charge on any atom is 0.229 e. The third-order valence-electron chi connectivity index (χ3n) is 2.75. The summed E-state index contributed by atoms with van der Waals surface area (Å²) in [7, 11) is 0. The molecule has 0 aliphatic carbocycles. The van der Waals surface area contributed by atoms with Gasteiger partial charge in [-0.05, 0) is 31.2 Å². The van der Waals surface area contributed by atoms with Crippen molar-refractivity contribution in [3.05, 3.63) is 59.7 Å². The van der Waals surface area contributed by atoms with E-state index in [1.807, 2.05) is 19.1 Å². The summed E-state index contributed by atoms with van der Waals surface area (Å²) < 4.78 is 1.55. The highest BCUT2D eigenvalue weighted by Gasteiger charge is 2.15. The smallest absolute Gasteiger partial charge is 0.229 e. The van der Waals surface area contributed by atoms with Gasteiger partial charge in [-0.3, -0.25) is 9.78 Å². The molecule has 0 bridgehead atoms. The average molecular weight is 238 g/mol. The van der Waals surface area contributed by atoms with Gasteiger partial charge in [0.15, 0.2) is 0 Å². The van der Waals surface area contributed by atoms with E-state index in [0.29, 0.717) is 11.4 Å². The fraction of sp³-hybridized carbons (Fsp3) is 0.0769. The summed E-state index contributed by atoms with van der Waals surface area (Å²) in [5, 5.41) is 7.96. The molecule has 0 saturated carbocycles. The zero-order valence-electron chi connectivity index (χ0n) is 9.74. The third-order valence-corrected chi connectivity index (χ3v) is 2.75. The molecular formula is C13H10N4O. The van der Waals surface area contributed by atoms with Crippen molar-refractivity contribution < 1.29 is 4.79 Å². The first-order valence-electron chi connectivity index (χ1n) is 5.54. The normalized spacial score (nSPS) is 10.7. The molecule has 0 N–H and O–H groups in total. The van der Waals surface area contributed by atoms with E-state index >= 15 is 0 Å². The van der Waals surface area contributed by atoms with Gasteiger partial charge in [0.05, 0.1) is 11.2 Å². The fourth-order valence-corrected chi connectivity index (χ4v) is 1.83. The van der Waals surface area contributed by atoms with Crippen LogP contribution in [-0.2, 0) is 0 Å². The molecule has 5 nitrogen and oxygen atoms in total. The minimum atomic E-state index is -0.161. The monoisotopic (exact) mass is 238 g/mol. The summed E-state index contributed by atoms with van der Waals surface area (Å²) in [6.45, 7) is 1.86. The van der Waals surface area contributed by atoms with Gasteiger partial charge >= 0.3 is 0 Å². The quantitative estimate of drug-likeness (QED) is 0.637. The number of pyridine rings is 2. The third kappa shape index (κ3) is 1.57. The molecule has 88 valence electrons. The minimum Gasteiger partial charge on any atom is -0.285 e. The number of rotatable bonds is 2. The Hall–Kier alpha value is -2.56. The van der Waals surface area contributed by atoms with Gasteiger partial charge in [-0.1, -0.05) is 17.3 Å². The van der Waals surface area contributed by atoms with Crippen molar-refractivity contribution in [2.45, 2.75) is 6.92 Å². The van der Waals surface area contributed by atoms with Crippen LogP contribution in [0.4, 0.5) is 0 Å². The van der Waals surface area contributed by atoms with Crippen LogP contribution in [-0.4, -0.2) is 25.6 Å². The molecule has 3 rings (SSSR count). The standard InChI is InChI=1S/C13H10N4O/c1-9-11-6-4-7-12(17(11)16-15-9)13(18)10-5-2-3-8-14-10/h2-8H,1H3. The van der Waals surface area contributed by atoms with Crippen LogP contribution in [0.25, 0.3) is 5.52 Å². The van der Waals surface area contributed by atoms with Gasteiger partial charge in [0, 0.05) is 6.20 Å². The lowest BCUT2D eigenvalue weighted by atomic mass is 10.1. The summed E-state index contributed by atoms with van der Waals surface area (Å²) in [6, 6.07) is 10.7. The Morgan fingerprint density at radius 3 is 2.83 bits per heavy atom. The number of nitrogens with zero attached hydrogens (tertiary/aromatic N) is 4. The molecule has 0 aliphatic rings. The number of aromatic nitrogens is 4. The molecule has 0 spiro atoms. The largest absolute Gasteiger partial charge is 0.285 e. The van der Waals surface area contributed by atoms with Crippen LogP contribution in [0.1, 0.15) is 21.9 Å². The number of hydrogen-bond acceptors (Lipinski definition) is 4. The zero-order valence-corrected chi connectivity index (χ0v) is 9.74. The van der Waals surface area contributed by atoms with Crippen LogP contribution in [0, 0.1) is 6.92 Å². The number of fused-ring (bicyclic) bond motifs is 1. The Morgan fingerprint density at radius 1 is 1.17 bits per heavy atom. The molecule has 0 unspecified atom stereocenters. The molecule has 0 saturated heterocycles. The number of carbonyl (C=O) groups excluding carboxylic acids is 1. The Morgan fingerprint density at radius 2 is 2.06 bits per heavy atom. The molecule has 0 fully saturated rings. The predicted molar refractivity (Wildman–Crippen MR) is 65.4 cm³/mol. The van der Waals surface area contributed by atoms with Crippen molar-refractivity contribution in [2.24, 2.45) is 0 Å². The minimum absolute atomic E-state index is 0.161. The van der Waals surface area contributed by atoms with Crippen LogP contribution >= 0.6 is 0 Å². The fourth-order valence-electron chi connectivity index (χ4n) is 1.83. The van der Waals surface area contributed by atoms with Crippen molar-refractivity contribution in [3.63, 3.8) is 0 Å². The van der Waals surface area contributed by atoms with Crippen LogP contribution in [0.15, 0.2) is 42.6 Å². The van der Waals surface area contributed by atoms with Crippen molar-refractivity contribution in [1.82, 2.24) is 19.8 Å². The van der Waals surface area contributed by atoms with Gasteiger partial charge < -0.3 is 0 Å². The van der Waals surface area contributed by atoms with Crippen LogP contribution in [0.2, 0.25) is 0 Å². The molecular weight excluding hydrogens is 228 g/mol. The lowest BCUT2D eigenvalue weighted by Gasteiger charge is -2.02. The van der Waals surface area contributed by atoms with Crippen molar-refractivity contribution in [3.8, 4) is 0 Å². The van der Waals surface area contributed by atoms with Crippen molar-refractivity contribution in [1.29, 1.82) is 0 Å². The molecule has 0 atom stereocenters. The van der Waals surface area contributed by atoms with E-state index in [1.165, 1.54) is 0 Å². The van der Waals surface area contributed by atoms with E-state index in [9.17, 15) is 4.79 Å². The highest BCUT2D eigenvalue weighted by molar-refractivity contribution is 6.06. The second kappa shape index (κ2) is 4.03. The first kappa shape index (κ1) is 10.6. The number of carbonyl (C=O) groups is 1. The van der Waals surface area contributed by atoms with Gasteiger partial charge in [0.1, 0.15) is 11.4 Å². The van der Waals surface area contributed by atoms with Crippen molar-refractivity contribution in [2.75, 3.05) is 0 Å². The maximum atomic E-state index is 12.3. The molecule has 0 amide bonds. The van der Waals surface area contributed by atoms with Crippen LogP contribution in [0.5, 0.6) is 0 Å². The van der Waals surface area contributed by atoms with Crippen LogP contribution in [0.3, 0.4) is 0 Å². The van der Waals surface area contributed by atoms with E-state index in [0.717, 1.165) is 11.2 Å². The Kier molecular flexibility index (Phi) is 2.37. The van der Waals surface area contributed by atoms with Crippen LogP contribution < -0.4 is 0 Å². The zero-order chi connectivity index (χ0) is 12.5. The highest BCUT2D eigenvalue weighted by Crippen LogP contribution is 2.12. The summed E-state index contributed by atoms with van der Waals surface area (Å²) >= 11 is 0. The summed E-state index contributed by atoms with van der Waals surface area (Å²) in [6.07, 6.45) is 1.60. The summed E-state index contributed by atoms with van der Waals surface area (Å²) in [4.78, 5) is 16.4. The molecule has 3 aromatic heterocycles. The molecule has 0 radical (unpaired) electrons. The van der Waals surface area contributed by atoms with E-state index < -0.39 is 0 Å². The lowest BCUT2D eigenvalue weighted by Crippen LogP contribution is -2.10. The second-order valence-electron chi connectivity index (χ2n) is 3.93. The van der Waals surface area contributed by atoms with Gasteiger partial charge in [0.25, 0.3) is 0 Å². The number of ketones is 1. The van der Waals surface area contributed by atoms with E-state index in [-0.39, 0.29) is 5.78 Å². The molecule has 5 heteroatoms. The summed E-state index contributed by atoms with van der Waals surface area (Å²) in [5.41, 5.74) is 2.49. The Bertz CT molecular complexity index is 718. The van der Waals surface area contributed by atoms with E-state index in [4.69, 9.17) is 0 Å². The molecule has 3 aromatic rings. The average Bonchev–Trinajstić information content (AvgIpc) is 2.81. The predicted octanol–water partition coefficient (Wildman–Crippen LogP) is 1.66. The van der Waals surface area contributed by atoms with Gasteiger partial charge in [-0.15, -0.1) is 5.10 Å². The van der Waals surface area contributed by atoms with E-state index in [2.05, 4.69) is 15.3 Å². The SMILES string of the molecule is Cc1nnn2c(C(=O)c3ccccn3)cccc12. The van der Waals surface area contributed by atoms with Gasteiger partial charge in [0.2, 0.25) is 5.78 Å².